The Morgan fingerprint density at radius 3 is 1.77 bits per heavy atom. The summed E-state index contributed by atoms with van der Waals surface area (Å²) in [5.74, 6) is 0. The van der Waals surface area contributed by atoms with Gasteiger partial charge in [-0.3, -0.25) is 0 Å². The molecule has 0 N–H and O–H groups in total. The van der Waals surface area contributed by atoms with E-state index >= 15 is 0 Å². The van der Waals surface area contributed by atoms with Gasteiger partial charge in [-0.05, 0) is 0 Å². The van der Waals surface area contributed by atoms with Gasteiger partial charge in [-0.2, -0.15) is 0 Å². The second-order valence-electron chi connectivity index (χ2n) is 6.44. The molecule has 1 saturated heterocycles. The summed E-state index contributed by atoms with van der Waals surface area (Å²) in [4.78, 5) is 0. The summed E-state index contributed by atoms with van der Waals surface area (Å²) in [5.41, 5.74) is 0. The van der Waals surface area contributed by atoms with Crippen molar-refractivity contribution in [2.75, 3.05) is 0 Å². The van der Waals surface area contributed by atoms with Gasteiger partial charge in [0.1, 0.15) is 0 Å². The van der Waals surface area contributed by atoms with E-state index in [0.717, 1.165) is 0 Å². The standard InChI is InChI=1S/CH3B21/c1-13-17(9)19(12-3)21(15(6)7)22(16(8)11-2)20(13)18(10)14(4)5/h1H3. The second kappa shape index (κ2) is 9.17. The Labute approximate surface area is 154 Å². The fourth-order valence-electron chi connectivity index (χ4n) is 4.00. The normalized spacial score (nSPS) is 14.8. The van der Waals surface area contributed by atoms with Crippen molar-refractivity contribution < 1.29 is 0 Å². The molecule has 1 heterocycles. The lowest BCUT2D eigenvalue weighted by Gasteiger charge is -2.52. The first-order valence-electron chi connectivity index (χ1n) is 7.58. The number of rotatable bonds is 6. The molecular formula is CH3B21. The van der Waals surface area contributed by atoms with Crippen LogP contribution in [0.1, 0.15) is 0 Å². The van der Waals surface area contributed by atoms with Gasteiger partial charge < -0.3 is 0 Å². The fraction of sp³-hybridized carbons (Fsp3) is 1.00. The van der Waals surface area contributed by atoms with Crippen molar-refractivity contribution in [1.29, 1.82) is 0 Å². The van der Waals surface area contributed by atoms with E-state index < -0.39 is 25.5 Å². The monoisotopic (exact) mass is 246 g/mol. The topological polar surface area (TPSA) is 0 Å². The maximum absolute atomic E-state index is 6.35. The Morgan fingerprint density at radius 1 is 0.864 bits per heavy atom. The van der Waals surface area contributed by atoms with Crippen molar-refractivity contribution in [2.45, 2.75) is 6.82 Å². The Bertz CT molecular complexity index is 322. The zero-order valence-electron chi connectivity index (χ0n) is 13.1. The molecule has 0 saturated carbocycles. The third-order valence-corrected chi connectivity index (χ3v) is 5.21. The molecule has 0 bridgehead atoms. The lowest BCUT2D eigenvalue weighted by atomic mass is 8.30. The summed E-state index contributed by atoms with van der Waals surface area (Å²) in [6, 6.07) is 0. The lowest BCUT2D eigenvalue weighted by molar-refractivity contribution is 2.32. The molecule has 21 heteroatoms. The van der Waals surface area contributed by atoms with Gasteiger partial charge in [-0.1, -0.05) is 0 Å². The van der Waals surface area contributed by atoms with Crippen LogP contribution in [0.3, 0.4) is 0 Å². The molecule has 70 valence electrons. The molecule has 0 atom stereocenters. The summed E-state index contributed by atoms with van der Waals surface area (Å²) in [5, 5.41) is 0. The minimum absolute atomic E-state index is 0.0135. The fourth-order valence-corrected chi connectivity index (χ4v) is 4.00. The van der Waals surface area contributed by atoms with Crippen LogP contribution < -0.4 is 0 Å². The van der Waals surface area contributed by atoms with E-state index in [1.165, 1.54) is 7.06 Å². The van der Waals surface area contributed by atoms with Crippen molar-refractivity contribution in [3.63, 3.8) is 0 Å². The molecule has 0 aromatic rings. The van der Waals surface area contributed by atoms with Crippen LogP contribution >= 0.6 is 0 Å². The zero-order valence-corrected chi connectivity index (χ0v) is 13.1. The molecular weight excluding hydrogens is 239 g/mol. The smallest absolute Gasteiger partial charge is 0.0413 e. The van der Waals surface area contributed by atoms with Crippen LogP contribution in [0.5, 0.6) is 0 Å². The molecule has 0 aliphatic carbocycles. The summed E-state index contributed by atoms with van der Waals surface area (Å²) in [6.07, 6.45) is -3.44. The van der Waals surface area contributed by atoms with E-state index in [4.69, 9.17) is 69.6 Å². The molecule has 1 aliphatic rings. The van der Waals surface area contributed by atoms with Crippen LogP contribution in [0, 0.1) is 0 Å². The van der Waals surface area contributed by atoms with Crippen molar-refractivity contribution >= 4 is 148 Å². The predicted molar refractivity (Wildman–Crippen MR) is 127 cm³/mol. The van der Waals surface area contributed by atoms with E-state index in [9.17, 15) is 0 Å². The summed E-state index contributed by atoms with van der Waals surface area (Å²) in [6.45, 7) is 1.98. The minimum atomic E-state index is -0.708. The van der Waals surface area contributed by atoms with Crippen LogP contribution in [-0.4, -0.2) is 148 Å². The molecule has 0 amide bonds. The summed E-state index contributed by atoms with van der Waals surface area (Å²) >= 11 is 0. The minimum Gasteiger partial charge on any atom is -0.101 e. The van der Waals surface area contributed by atoms with Crippen LogP contribution in [0.15, 0.2) is 0 Å². The maximum atomic E-state index is 6.35. The highest BCUT2D eigenvalue weighted by Crippen LogP contribution is 2.17. The Morgan fingerprint density at radius 2 is 1.41 bits per heavy atom. The van der Waals surface area contributed by atoms with Crippen molar-refractivity contribution in [3.05, 3.63) is 0 Å². The van der Waals surface area contributed by atoms with Crippen molar-refractivity contribution in [1.82, 2.24) is 0 Å². The van der Waals surface area contributed by atoms with Gasteiger partial charge in [0.2, 0.25) is 0 Å². The zero-order chi connectivity index (χ0) is 17.2. The van der Waals surface area contributed by atoms with Gasteiger partial charge in [0, 0.05) is 148 Å². The highest BCUT2D eigenvalue weighted by molar-refractivity contribution is 8.27. The molecule has 0 nitrogen and oxygen atoms in total. The lowest BCUT2D eigenvalue weighted by Crippen LogP contribution is -2.90. The van der Waals surface area contributed by atoms with Crippen LogP contribution in [0.2, 0.25) is 6.82 Å². The summed E-state index contributed by atoms with van der Waals surface area (Å²) < 4.78 is 0. The third-order valence-electron chi connectivity index (χ3n) is 5.21. The molecule has 0 spiro atoms. The Kier molecular flexibility index (Phi) is 8.92. The van der Waals surface area contributed by atoms with Gasteiger partial charge in [-0.25, -0.2) is 0 Å². The summed E-state index contributed by atoms with van der Waals surface area (Å²) in [7, 11) is 56.8. The Balaban J connectivity index is 3.32. The van der Waals surface area contributed by atoms with E-state index in [0.29, 0.717) is 0 Å². The molecule has 0 aromatic heterocycles. The predicted octanol–water partition coefficient (Wildman–Crippen LogP) is -7.41. The molecule has 0 unspecified atom stereocenters. The van der Waals surface area contributed by atoms with E-state index in [1.807, 2.05) is 6.82 Å². The highest BCUT2D eigenvalue weighted by atomic mass is 13.4. The van der Waals surface area contributed by atoms with Crippen LogP contribution in [-0.2, 0) is 0 Å². The second-order valence-corrected chi connectivity index (χ2v) is 6.44. The van der Waals surface area contributed by atoms with Crippen LogP contribution in [0.4, 0.5) is 0 Å². The molecule has 20 radical (unpaired) electrons. The number of hydrogen-bond acceptors (Lipinski definition) is 0. The van der Waals surface area contributed by atoms with Gasteiger partial charge >= 0.3 is 0 Å². The third kappa shape index (κ3) is 4.30. The molecule has 1 aliphatic heterocycles. The van der Waals surface area contributed by atoms with E-state index in [2.05, 4.69) is 0 Å². The highest BCUT2D eigenvalue weighted by Gasteiger charge is 2.54. The largest absolute Gasteiger partial charge is 0.101 e. The average Bonchev–Trinajstić information content (AvgIpc) is 2.47. The van der Waals surface area contributed by atoms with Gasteiger partial charge in [0.05, 0.1) is 0 Å². The Hall–Kier alpha value is 1.36. The molecule has 1 fully saturated rings. The molecule has 0 aromatic carbocycles. The quantitative estimate of drug-likeness (QED) is 0.406. The molecule has 22 heavy (non-hydrogen) atoms. The molecule has 1 rings (SSSR count). The van der Waals surface area contributed by atoms with Crippen LogP contribution in [0.25, 0.3) is 0 Å². The van der Waals surface area contributed by atoms with Gasteiger partial charge in [0.15, 0.2) is 0 Å². The first kappa shape index (κ1) is 21.4. The van der Waals surface area contributed by atoms with Gasteiger partial charge in [-0.15, -0.1) is 6.82 Å². The maximum Gasteiger partial charge on any atom is 0.0413 e. The number of hydrogen-bond donors (Lipinski definition) is 0. The SMILES string of the molecule is [B][B]B([B])B1B(B([B])B([B])[B])B(C)B([B])B([B][B])B1B([B])[B]. The van der Waals surface area contributed by atoms with Crippen molar-refractivity contribution in [2.24, 2.45) is 0 Å². The van der Waals surface area contributed by atoms with E-state index in [1.54, 1.807) is 7.06 Å². The average molecular weight is 242 g/mol. The van der Waals surface area contributed by atoms with E-state index in [-0.39, 0.29) is 38.4 Å². The first-order valence-corrected chi connectivity index (χ1v) is 7.58. The first-order chi connectivity index (χ1) is 10.2. The van der Waals surface area contributed by atoms with Gasteiger partial charge in [0.25, 0.3) is 0 Å². The van der Waals surface area contributed by atoms with Crippen molar-refractivity contribution in [3.8, 4) is 0 Å².